The normalized spacial score (nSPS) is 16.9. The second-order valence-electron chi connectivity index (χ2n) is 8.43. The first kappa shape index (κ1) is 22.7. The smallest absolute Gasteiger partial charge is 0.272 e. The molecule has 35 heavy (non-hydrogen) atoms. The van der Waals surface area contributed by atoms with Crippen LogP contribution in [-0.2, 0) is 11.3 Å². The predicted octanol–water partition coefficient (Wildman–Crippen LogP) is 2.46. The van der Waals surface area contributed by atoms with Gasteiger partial charge in [-0.3, -0.25) is 14.9 Å². The van der Waals surface area contributed by atoms with Crippen molar-refractivity contribution in [3.8, 4) is 5.75 Å². The van der Waals surface area contributed by atoms with E-state index in [1.54, 1.807) is 19.1 Å². The molecule has 0 aliphatic carbocycles. The summed E-state index contributed by atoms with van der Waals surface area (Å²) in [6.07, 6.45) is 0.950. The van der Waals surface area contributed by atoms with Crippen LogP contribution in [0.3, 0.4) is 0 Å². The maximum Gasteiger partial charge on any atom is 0.272 e. The van der Waals surface area contributed by atoms with Crippen molar-refractivity contribution in [3.63, 3.8) is 0 Å². The van der Waals surface area contributed by atoms with E-state index in [1.807, 2.05) is 25.1 Å². The summed E-state index contributed by atoms with van der Waals surface area (Å²) < 4.78 is 18.9. The Balaban J connectivity index is 1.28. The largest absolute Gasteiger partial charge is 0.482 e. The van der Waals surface area contributed by atoms with Gasteiger partial charge in [-0.05, 0) is 48.7 Å². The minimum atomic E-state index is -0.392. The van der Waals surface area contributed by atoms with Crippen molar-refractivity contribution in [1.29, 1.82) is 0 Å². The van der Waals surface area contributed by atoms with Gasteiger partial charge >= 0.3 is 0 Å². The molecule has 2 amide bonds. The van der Waals surface area contributed by atoms with E-state index in [4.69, 9.17) is 4.74 Å². The molecule has 2 aromatic carbocycles. The van der Waals surface area contributed by atoms with Crippen molar-refractivity contribution in [2.24, 2.45) is 0 Å². The van der Waals surface area contributed by atoms with Gasteiger partial charge in [0.25, 0.3) is 11.8 Å². The number of carbonyl (C=O) groups is 2. The summed E-state index contributed by atoms with van der Waals surface area (Å²) in [5.74, 6) is -0.224. The molecule has 180 valence electrons. The molecule has 0 saturated heterocycles. The fraction of sp³-hybridized carbons (Fsp3) is 0.250. The van der Waals surface area contributed by atoms with E-state index in [9.17, 15) is 14.0 Å². The summed E-state index contributed by atoms with van der Waals surface area (Å²) in [5, 5.41) is 9.05. The second kappa shape index (κ2) is 9.28. The lowest BCUT2D eigenvalue weighted by Crippen LogP contribution is -2.34. The van der Waals surface area contributed by atoms with E-state index in [0.717, 1.165) is 11.1 Å². The maximum absolute atomic E-state index is 13.5. The number of anilines is 2. The molecule has 2 aliphatic rings. The summed E-state index contributed by atoms with van der Waals surface area (Å²) >= 11 is 0. The molecule has 0 radical (unpaired) electrons. The fourth-order valence-corrected chi connectivity index (χ4v) is 4.05. The van der Waals surface area contributed by atoms with Crippen LogP contribution in [0.4, 0.5) is 15.8 Å². The molecule has 3 aromatic rings. The Hall–Kier alpha value is -4.09. The molecule has 2 atom stereocenters. The average Bonchev–Trinajstić information content (AvgIpc) is 3.26. The highest BCUT2D eigenvalue weighted by molar-refractivity contribution is 5.98. The molecular weight excluding hydrogens is 453 g/mol. The molecule has 0 fully saturated rings. The first-order valence-electron chi connectivity index (χ1n) is 11.1. The fourth-order valence-electron chi connectivity index (χ4n) is 4.05. The topological polar surface area (TPSA) is 129 Å². The Morgan fingerprint density at radius 3 is 2.94 bits per heavy atom. The van der Waals surface area contributed by atoms with Crippen molar-refractivity contribution in [2.75, 3.05) is 17.3 Å². The Morgan fingerprint density at radius 2 is 2.11 bits per heavy atom. The van der Waals surface area contributed by atoms with Crippen LogP contribution in [-0.4, -0.2) is 28.4 Å². The number of hydrogen-bond donors (Lipinski definition) is 5. The number of nitrogens with zero attached hydrogens (tertiary/aromatic N) is 2. The van der Waals surface area contributed by atoms with Crippen molar-refractivity contribution >= 4 is 23.2 Å². The zero-order chi connectivity index (χ0) is 24.5. The summed E-state index contributed by atoms with van der Waals surface area (Å²) in [7, 11) is 0. The number of aromatic nitrogens is 2. The molecule has 0 bridgehead atoms. The first-order chi connectivity index (χ1) is 16.9. The van der Waals surface area contributed by atoms with Crippen LogP contribution in [0.25, 0.3) is 0 Å². The number of fused-ring (bicyclic) bond motifs is 2. The SMILES string of the molecule is Cc1cc(CNC(=O)c2ncnc3c2NNC3NC(C)c2ccc3c(c2)NC(=O)CO3)ccc1F. The number of hydrogen-bond acceptors (Lipinski definition) is 8. The summed E-state index contributed by atoms with van der Waals surface area (Å²) in [5.41, 5.74) is 10.2. The predicted molar refractivity (Wildman–Crippen MR) is 126 cm³/mol. The maximum atomic E-state index is 13.5. The minimum absolute atomic E-state index is 0.00769. The van der Waals surface area contributed by atoms with Gasteiger partial charge in [0.1, 0.15) is 35.4 Å². The van der Waals surface area contributed by atoms with Crippen LogP contribution >= 0.6 is 0 Å². The van der Waals surface area contributed by atoms with E-state index in [1.165, 1.54) is 12.4 Å². The first-order valence-corrected chi connectivity index (χ1v) is 11.1. The van der Waals surface area contributed by atoms with Gasteiger partial charge in [-0.1, -0.05) is 18.2 Å². The van der Waals surface area contributed by atoms with E-state index < -0.39 is 6.17 Å². The van der Waals surface area contributed by atoms with Crippen LogP contribution in [0.5, 0.6) is 5.75 Å². The average molecular weight is 478 g/mol. The number of rotatable bonds is 6. The molecule has 3 heterocycles. The van der Waals surface area contributed by atoms with Crippen LogP contribution in [0, 0.1) is 12.7 Å². The highest BCUT2D eigenvalue weighted by atomic mass is 19.1. The van der Waals surface area contributed by atoms with Crippen LogP contribution in [0.1, 0.15) is 52.0 Å². The Bertz CT molecular complexity index is 1320. The van der Waals surface area contributed by atoms with Gasteiger partial charge in [-0.2, -0.15) is 0 Å². The monoisotopic (exact) mass is 477 g/mol. The van der Waals surface area contributed by atoms with Crippen molar-refractivity contribution < 1.29 is 18.7 Å². The third-order valence-corrected chi connectivity index (χ3v) is 5.94. The second-order valence-corrected chi connectivity index (χ2v) is 8.43. The standard InChI is InChI=1S/C24H24FN7O3/c1-12-7-14(3-5-16(12)25)9-26-24(34)22-20-21(27-11-28-22)23(32-31-20)29-13(2)15-4-6-18-17(8-15)30-19(33)10-35-18/h3-8,11,13,23,29,31-32H,9-10H2,1-2H3,(H,26,34)(H,30,33). The Morgan fingerprint density at radius 1 is 1.26 bits per heavy atom. The molecule has 11 heteroatoms. The highest BCUT2D eigenvalue weighted by Crippen LogP contribution is 2.33. The van der Waals surface area contributed by atoms with E-state index in [-0.39, 0.29) is 42.5 Å². The van der Waals surface area contributed by atoms with Gasteiger partial charge in [0.05, 0.1) is 5.69 Å². The van der Waals surface area contributed by atoms with Crippen LogP contribution in [0.2, 0.25) is 0 Å². The molecule has 2 aliphatic heterocycles. The van der Waals surface area contributed by atoms with E-state index >= 15 is 0 Å². The van der Waals surface area contributed by atoms with Gasteiger partial charge in [-0.25, -0.2) is 19.8 Å². The lowest BCUT2D eigenvalue weighted by molar-refractivity contribution is -0.118. The molecule has 1 aromatic heterocycles. The van der Waals surface area contributed by atoms with Crippen LogP contribution < -0.4 is 31.5 Å². The number of aryl methyl sites for hydroxylation is 1. The Kier molecular flexibility index (Phi) is 6.01. The zero-order valence-corrected chi connectivity index (χ0v) is 19.1. The molecule has 2 unspecified atom stereocenters. The molecule has 10 nitrogen and oxygen atoms in total. The van der Waals surface area contributed by atoms with E-state index in [2.05, 4.69) is 36.8 Å². The van der Waals surface area contributed by atoms with Gasteiger partial charge in [0.2, 0.25) is 0 Å². The number of carbonyl (C=O) groups excluding carboxylic acids is 2. The lowest BCUT2D eigenvalue weighted by atomic mass is 10.1. The van der Waals surface area contributed by atoms with E-state index in [0.29, 0.717) is 28.4 Å². The molecule has 0 spiro atoms. The third-order valence-electron chi connectivity index (χ3n) is 5.94. The summed E-state index contributed by atoms with van der Waals surface area (Å²) in [6.45, 7) is 3.90. The molecule has 5 N–H and O–H groups in total. The number of ether oxygens (including phenoxy) is 1. The zero-order valence-electron chi connectivity index (χ0n) is 19.1. The summed E-state index contributed by atoms with van der Waals surface area (Å²) in [6, 6.07) is 10.2. The van der Waals surface area contributed by atoms with Crippen molar-refractivity contribution in [2.45, 2.75) is 32.6 Å². The Labute approximate surface area is 200 Å². The number of halogens is 1. The van der Waals surface area contributed by atoms with Gasteiger partial charge < -0.3 is 20.8 Å². The molecule has 0 saturated carbocycles. The highest BCUT2D eigenvalue weighted by Gasteiger charge is 2.30. The van der Waals surface area contributed by atoms with Crippen LogP contribution in [0.15, 0.2) is 42.7 Å². The number of amides is 2. The quantitative estimate of drug-likeness (QED) is 0.366. The van der Waals surface area contributed by atoms with Gasteiger partial charge in [0, 0.05) is 12.6 Å². The number of hydrazine groups is 1. The summed E-state index contributed by atoms with van der Waals surface area (Å²) in [4.78, 5) is 33.0. The lowest BCUT2D eigenvalue weighted by Gasteiger charge is -2.23. The van der Waals surface area contributed by atoms with Gasteiger partial charge in [0.15, 0.2) is 12.3 Å². The van der Waals surface area contributed by atoms with Gasteiger partial charge in [-0.15, -0.1) is 0 Å². The number of benzene rings is 2. The molecule has 5 rings (SSSR count). The minimum Gasteiger partial charge on any atom is -0.482 e. The van der Waals surface area contributed by atoms with Crippen molar-refractivity contribution in [1.82, 2.24) is 26.0 Å². The molecular formula is C24H24FN7O3. The third kappa shape index (κ3) is 4.63. The number of nitrogens with one attached hydrogen (secondary N) is 5. The van der Waals surface area contributed by atoms with Crippen molar-refractivity contribution in [3.05, 3.63) is 76.6 Å².